The van der Waals surface area contributed by atoms with Crippen molar-refractivity contribution in [2.45, 2.75) is 25.8 Å². The molecule has 2 aromatic carbocycles. The molecule has 0 bridgehead atoms. The molecular formula is C20H16ClF3N2O4. The lowest BCUT2D eigenvalue weighted by Gasteiger charge is -2.15. The minimum absolute atomic E-state index is 0.00556. The Bertz CT molecular complexity index is 1010. The van der Waals surface area contributed by atoms with Crippen molar-refractivity contribution in [2.24, 2.45) is 0 Å². The van der Waals surface area contributed by atoms with Crippen molar-refractivity contribution < 1.29 is 32.2 Å². The predicted molar refractivity (Wildman–Crippen MR) is 101 cm³/mol. The first kappa shape index (κ1) is 21.5. The average molecular weight is 441 g/mol. The second-order valence-corrected chi connectivity index (χ2v) is 6.56. The van der Waals surface area contributed by atoms with Gasteiger partial charge in [-0.15, -0.1) is 0 Å². The van der Waals surface area contributed by atoms with Crippen LogP contribution in [0.3, 0.4) is 0 Å². The largest absolute Gasteiger partial charge is 0.479 e. The van der Waals surface area contributed by atoms with Gasteiger partial charge < -0.3 is 14.2 Å². The summed E-state index contributed by atoms with van der Waals surface area (Å²) >= 11 is 5.90. The lowest BCUT2D eigenvalue weighted by molar-refractivity contribution is -0.152. The van der Waals surface area contributed by atoms with Crippen molar-refractivity contribution in [3.05, 3.63) is 71.0 Å². The first-order chi connectivity index (χ1) is 14.2. The fourth-order valence-electron chi connectivity index (χ4n) is 2.38. The van der Waals surface area contributed by atoms with Gasteiger partial charge >= 0.3 is 12.1 Å². The van der Waals surface area contributed by atoms with E-state index >= 15 is 0 Å². The van der Waals surface area contributed by atoms with E-state index in [1.165, 1.54) is 13.0 Å². The zero-order valence-electron chi connectivity index (χ0n) is 15.6. The van der Waals surface area contributed by atoms with Crippen LogP contribution in [0.25, 0.3) is 0 Å². The van der Waals surface area contributed by atoms with Gasteiger partial charge in [0.05, 0.1) is 16.3 Å². The van der Waals surface area contributed by atoms with E-state index < -0.39 is 23.8 Å². The average Bonchev–Trinajstić information content (AvgIpc) is 3.21. The highest BCUT2D eigenvalue weighted by Crippen LogP contribution is 2.36. The minimum atomic E-state index is -4.50. The molecule has 1 aromatic heterocycles. The maximum atomic E-state index is 12.7. The predicted octanol–water partition coefficient (Wildman–Crippen LogP) is 5.38. The molecule has 3 aromatic rings. The monoisotopic (exact) mass is 440 g/mol. The van der Waals surface area contributed by atoms with E-state index in [2.05, 4.69) is 10.2 Å². The number of nitrogens with zero attached hydrogens (tertiary/aromatic N) is 1. The quantitative estimate of drug-likeness (QED) is 0.499. The number of halogens is 4. The number of rotatable bonds is 7. The molecule has 0 fully saturated rings. The van der Waals surface area contributed by atoms with Crippen molar-refractivity contribution in [1.29, 1.82) is 0 Å². The fourth-order valence-corrected chi connectivity index (χ4v) is 2.60. The lowest BCUT2D eigenvalue weighted by Crippen LogP contribution is -2.26. The van der Waals surface area contributed by atoms with Crippen molar-refractivity contribution in [3.63, 3.8) is 0 Å². The molecule has 1 N–H and O–H groups in total. The van der Waals surface area contributed by atoms with E-state index in [4.69, 9.17) is 25.8 Å². The number of hydrogen-bond acceptors (Lipinski definition) is 5. The van der Waals surface area contributed by atoms with E-state index in [0.29, 0.717) is 11.4 Å². The number of benzene rings is 2. The molecule has 6 nitrogen and oxygen atoms in total. The zero-order chi connectivity index (χ0) is 21.7. The van der Waals surface area contributed by atoms with Crippen LogP contribution in [0.1, 0.15) is 18.2 Å². The van der Waals surface area contributed by atoms with Crippen LogP contribution in [0, 0.1) is 0 Å². The Kier molecular flexibility index (Phi) is 6.51. The second kappa shape index (κ2) is 9.08. The molecule has 0 amide bonds. The summed E-state index contributed by atoms with van der Waals surface area (Å²) in [5, 5.41) is 6.30. The number of aromatic amines is 1. The molecule has 1 unspecified atom stereocenters. The Balaban J connectivity index is 1.62. The molecule has 0 saturated carbocycles. The molecule has 0 aliphatic heterocycles. The van der Waals surface area contributed by atoms with Crippen LogP contribution in [0.5, 0.6) is 17.2 Å². The smallest absolute Gasteiger partial charge is 0.416 e. The van der Waals surface area contributed by atoms with Crippen molar-refractivity contribution in [3.8, 4) is 17.2 Å². The Morgan fingerprint density at radius 1 is 1.17 bits per heavy atom. The van der Waals surface area contributed by atoms with Crippen LogP contribution in [-0.2, 0) is 22.3 Å². The summed E-state index contributed by atoms with van der Waals surface area (Å²) in [6.07, 6.45) is -3.80. The molecule has 0 radical (unpaired) electrons. The summed E-state index contributed by atoms with van der Waals surface area (Å²) < 4.78 is 54.4. The van der Waals surface area contributed by atoms with Crippen molar-refractivity contribution >= 4 is 17.6 Å². The number of H-pyrrole nitrogens is 1. The molecule has 0 aliphatic rings. The van der Waals surface area contributed by atoms with Crippen molar-refractivity contribution in [2.75, 3.05) is 0 Å². The Morgan fingerprint density at radius 3 is 2.60 bits per heavy atom. The van der Waals surface area contributed by atoms with Gasteiger partial charge in [0.1, 0.15) is 23.9 Å². The highest BCUT2D eigenvalue weighted by molar-refractivity contribution is 6.32. The molecule has 3 rings (SSSR count). The van der Waals surface area contributed by atoms with Gasteiger partial charge in [-0.3, -0.25) is 5.10 Å². The summed E-state index contributed by atoms with van der Waals surface area (Å²) in [5.74, 6) is 0.0365. The Labute approximate surface area is 174 Å². The first-order valence-corrected chi connectivity index (χ1v) is 9.07. The van der Waals surface area contributed by atoms with Crippen LogP contribution in [0.2, 0.25) is 5.02 Å². The van der Waals surface area contributed by atoms with Gasteiger partial charge in [-0.25, -0.2) is 4.79 Å². The minimum Gasteiger partial charge on any atom is -0.479 e. The highest BCUT2D eigenvalue weighted by Gasteiger charge is 2.31. The van der Waals surface area contributed by atoms with Crippen LogP contribution >= 0.6 is 11.6 Å². The van der Waals surface area contributed by atoms with Gasteiger partial charge in [-0.2, -0.15) is 18.3 Å². The molecule has 30 heavy (non-hydrogen) atoms. The standard InChI is InChI=1S/C20H16ClF3N2O4/c1-12(19(27)28-11-14-7-8-25-26-14)29-15-3-2-4-16(10-15)30-18-6-5-13(9-17(18)21)20(22,23)24/h2-10,12H,11H2,1H3,(H,25,26). The summed E-state index contributed by atoms with van der Waals surface area (Å²) in [4.78, 5) is 12.1. The van der Waals surface area contributed by atoms with E-state index in [1.54, 1.807) is 30.5 Å². The van der Waals surface area contributed by atoms with Gasteiger partial charge in [0.2, 0.25) is 0 Å². The SMILES string of the molecule is CC(Oc1cccc(Oc2ccc(C(F)(F)F)cc2Cl)c1)C(=O)OCc1cc[nH]n1. The number of aromatic nitrogens is 2. The molecule has 0 spiro atoms. The normalized spacial score (nSPS) is 12.3. The van der Waals surface area contributed by atoms with Crippen LogP contribution in [-0.4, -0.2) is 22.3 Å². The summed E-state index contributed by atoms with van der Waals surface area (Å²) in [5.41, 5.74) is -0.307. The van der Waals surface area contributed by atoms with E-state index in [-0.39, 0.29) is 23.1 Å². The fraction of sp³-hybridized carbons (Fsp3) is 0.200. The van der Waals surface area contributed by atoms with Crippen LogP contribution < -0.4 is 9.47 Å². The van der Waals surface area contributed by atoms with Gasteiger partial charge in [-0.1, -0.05) is 17.7 Å². The molecular weight excluding hydrogens is 425 g/mol. The maximum Gasteiger partial charge on any atom is 0.416 e. The Hall–Kier alpha value is -3.20. The van der Waals surface area contributed by atoms with E-state index in [0.717, 1.165) is 18.2 Å². The molecule has 0 saturated heterocycles. The molecule has 10 heteroatoms. The van der Waals surface area contributed by atoms with Gasteiger partial charge in [-0.05, 0) is 43.3 Å². The van der Waals surface area contributed by atoms with Crippen molar-refractivity contribution in [1.82, 2.24) is 10.2 Å². The van der Waals surface area contributed by atoms with Gasteiger partial charge in [0, 0.05) is 12.3 Å². The molecule has 158 valence electrons. The van der Waals surface area contributed by atoms with Crippen LogP contribution in [0.4, 0.5) is 13.2 Å². The molecule has 1 heterocycles. The number of hydrogen-bond donors (Lipinski definition) is 1. The summed E-state index contributed by atoms with van der Waals surface area (Å²) in [6.45, 7) is 1.53. The topological polar surface area (TPSA) is 73.4 Å². The first-order valence-electron chi connectivity index (χ1n) is 8.69. The maximum absolute atomic E-state index is 12.7. The lowest BCUT2D eigenvalue weighted by atomic mass is 10.2. The summed E-state index contributed by atoms with van der Waals surface area (Å²) in [6, 6.07) is 10.7. The molecule has 0 aliphatic carbocycles. The number of alkyl halides is 3. The second-order valence-electron chi connectivity index (χ2n) is 6.15. The third-order valence-electron chi connectivity index (χ3n) is 3.86. The zero-order valence-corrected chi connectivity index (χ0v) is 16.3. The number of ether oxygens (including phenoxy) is 3. The van der Waals surface area contributed by atoms with E-state index in [1.807, 2.05) is 0 Å². The van der Waals surface area contributed by atoms with E-state index in [9.17, 15) is 18.0 Å². The number of nitrogens with one attached hydrogen (secondary N) is 1. The van der Waals surface area contributed by atoms with Gasteiger partial charge in [0.25, 0.3) is 0 Å². The highest BCUT2D eigenvalue weighted by atomic mass is 35.5. The number of carbonyl (C=O) groups is 1. The van der Waals surface area contributed by atoms with Crippen LogP contribution in [0.15, 0.2) is 54.7 Å². The Morgan fingerprint density at radius 2 is 1.93 bits per heavy atom. The third-order valence-corrected chi connectivity index (χ3v) is 4.15. The third kappa shape index (κ3) is 5.66. The summed E-state index contributed by atoms with van der Waals surface area (Å²) in [7, 11) is 0. The number of carbonyl (C=O) groups excluding carboxylic acids is 1. The van der Waals surface area contributed by atoms with Gasteiger partial charge in [0.15, 0.2) is 6.10 Å². The molecule has 1 atom stereocenters. The number of esters is 1.